The summed E-state index contributed by atoms with van der Waals surface area (Å²) in [6, 6.07) is 12.4. The number of carbonyl (C=O) groups excluding carboxylic acids is 1. The Balaban J connectivity index is 1.46. The van der Waals surface area contributed by atoms with Gasteiger partial charge in [0.05, 0.1) is 29.9 Å². The van der Waals surface area contributed by atoms with Crippen LogP contribution in [-0.4, -0.2) is 31.8 Å². The Kier molecular flexibility index (Phi) is 6.41. The van der Waals surface area contributed by atoms with Gasteiger partial charge in [0.2, 0.25) is 0 Å². The van der Waals surface area contributed by atoms with Crippen molar-refractivity contribution >= 4 is 56.1 Å². The zero-order valence-corrected chi connectivity index (χ0v) is 19.2. The lowest BCUT2D eigenvalue weighted by molar-refractivity contribution is 0.0952. The van der Waals surface area contributed by atoms with Crippen LogP contribution < -0.4 is 10.9 Å². The van der Waals surface area contributed by atoms with Gasteiger partial charge in [-0.05, 0) is 35.9 Å². The second kappa shape index (κ2) is 9.21. The Morgan fingerprint density at radius 2 is 1.90 bits per heavy atom. The van der Waals surface area contributed by atoms with Crippen LogP contribution in [0.5, 0.6) is 0 Å². The zero-order valence-electron chi connectivity index (χ0n) is 16.1. The van der Waals surface area contributed by atoms with E-state index >= 15 is 0 Å². The molecule has 31 heavy (non-hydrogen) atoms. The third-order valence-electron chi connectivity index (χ3n) is 4.67. The summed E-state index contributed by atoms with van der Waals surface area (Å²) in [7, 11) is 0. The summed E-state index contributed by atoms with van der Waals surface area (Å²) in [4.78, 5) is 29.6. The summed E-state index contributed by atoms with van der Waals surface area (Å²) >= 11 is 15.3. The van der Waals surface area contributed by atoms with Crippen molar-refractivity contribution < 1.29 is 4.79 Å². The topological polar surface area (TPSA) is 81.8 Å². The molecule has 158 valence electrons. The predicted molar refractivity (Wildman–Crippen MR) is 124 cm³/mol. The second-order valence-electron chi connectivity index (χ2n) is 6.79. The first-order valence-electron chi connectivity index (χ1n) is 9.31. The maximum atomic E-state index is 12.8. The highest BCUT2D eigenvalue weighted by Crippen LogP contribution is 2.20. The first kappa shape index (κ1) is 21.5. The van der Waals surface area contributed by atoms with Crippen LogP contribution in [0.15, 0.2) is 64.3 Å². The van der Waals surface area contributed by atoms with Crippen LogP contribution in [-0.2, 0) is 13.1 Å². The highest BCUT2D eigenvalue weighted by atomic mass is 79.9. The van der Waals surface area contributed by atoms with Crippen LogP contribution in [0.4, 0.5) is 0 Å². The largest absolute Gasteiger partial charge is 0.350 e. The van der Waals surface area contributed by atoms with Gasteiger partial charge in [-0.3, -0.25) is 14.2 Å². The molecular formula is C21H16BrCl2N5O2. The van der Waals surface area contributed by atoms with Gasteiger partial charge in [0.15, 0.2) is 5.65 Å². The fraction of sp³-hybridized carbons (Fsp3) is 0.143. The number of fused-ring (bicyclic) bond motifs is 1. The lowest BCUT2D eigenvalue weighted by atomic mass is 10.2. The molecule has 2 aromatic carbocycles. The van der Waals surface area contributed by atoms with Crippen LogP contribution in [0.3, 0.4) is 0 Å². The van der Waals surface area contributed by atoms with Crippen molar-refractivity contribution in [2.45, 2.75) is 13.1 Å². The number of carbonyl (C=O) groups is 1. The standard InChI is InChI=1S/C21H16BrCl2N5O2/c22-14-3-6-18(24)16(9-14)20(30)25-7-8-29-19-17(10-27-29)21(31)28(12-26-19)11-13-1-4-15(23)5-2-13/h1-6,9-10,12H,7-8,11H2,(H,25,30). The highest BCUT2D eigenvalue weighted by Gasteiger charge is 2.13. The molecule has 7 nitrogen and oxygen atoms in total. The number of halogens is 3. The maximum absolute atomic E-state index is 12.8. The number of nitrogens with zero attached hydrogens (tertiary/aromatic N) is 4. The monoisotopic (exact) mass is 519 g/mol. The third kappa shape index (κ3) is 4.81. The molecule has 2 aromatic heterocycles. The molecule has 0 fully saturated rings. The van der Waals surface area contributed by atoms with Gasteiger partial charge in [0.1, 0.15) is 11.7 Å². The SMILES string of the molecule is O=C(NCCn1ncc2c(=O)n(Cc3ccc(Cl)cc3)cnc21)c1cc(Br)ccc1Cl. The fourth-order valence-corrected chi connectivity index (χ4v) is 3.79. The van der Waals surface area contributed by atoms with Gasteiger partial charge in [-0.1, -0.05) is 51.3 Å². The maximum Gasteiger partial charge on any atom is 0.264 e. The summed E-state index contributed by atoms with van der Waals surface area (Å²) in [5, 5.41) is 8.48. The van der Waals surface area contributed by atoms with E-state index in [0.717, 1.165) is 10.0 Å². The van der Waals surface area contributed by atoms with Crippen LogP contribution in [0, 0.1) is 0 Å². The van der Waals surface area contributed by atoms with Gasteiger partial charge >= 0.3 is 0 Å². The molecule has 2 heterocycles. The van der Waals surface area contributed by atoms with Crippen molar-refractivity contribution in [1.29, 1.82) is 0 Å². The number of aromatic nitrogens is 4. The molecule has 4 aromatic rings. The number of amides is 1. The Morgan fingerprint density at radius 3 is 2.68 bits per heavy atom. The van der Waals surface area contributed by atoms with Crippen LogP contribution in [0.25, 0.3) is 11.0 Å². The molecule has 0 spiro atoms. The lowest BCUT2D eigenvalue weighted by Gasteiger charge is -2.09. The van der Waals surface area contributed by atoms with Gasteiger partial charge in [-0.2, -0.15) is 5.10 Å². The van der Waals surface area contributed by atoms with Gasteiger partial charge in [-0.15, -0.1) is 0 Å². The summed E-state index contributed by atoms with van der Waals surface area (Å²) in [5.74, 6) is -0.291. The Hall–Kier alpha value is -2.68. The smallest absolute Gasteiger partial charge is 0.264 e. The van der Waals surface area contributed by atoms with E-state index in [-0.39, 0.29) is 11.5 Å². The quantitative estimate of drug-likeness (QED) is 0.414. The van der Waals surface area contributed by atoms with Crippen molar-refractivity contribution in [3.05, 3.63) is 91.0 Å². The second-order valence-corrected chi connectivity index (χ2v) is 8.55. The summed E-state index contributed by atoms with van der Waals surface area (Å²) < 4.78 is 3.88. The van der Waals surface area contributed by atoms with Crippen LogP contribution in [0.1, 0.15) is 15.9 Å². The molecule has 0 aliphatic heterocycles. The van der Waals surface area contributed by atoms with E-state index in [1.165, 1.54) is 17.1 Å². The van der Waals surface area contributed by atoms with E-state index < -0.39 is 0 Å². The molecule has 10 heteroatoms. The molecule has 4 rings (SSSR count). The molecule has 1 amide bonds. The van der Waals surface area contributed by atoms with Gasteiger partial charge in [0.25, 0.3) is 11.5 Å². The molecule has 0 aliphatic rings. The average Bonchev–Trinajstić information content (AvgIpc) is 3.17. The number of hydrogen-bond acceptors (Lipinski definition) is 4. The number of rotatable bonds is 6. The van der Waals surface area contributed by atoms with Crippen molar-refractivity contribution in [3.63, 3.8) is 0 Å². The Bertz CT molecular complexity index is 1320. The molecule has 0 aliphatic carbocycles. The van der Waals surface area contributed by atoms with E-state index in [1.807, 2.05) is 12.1 Å². The molecule has 1 N–H and O–H groups in total. The lowest BCUT2D eigenvalue weighted by Crippen LogP contribution is -2.28. The molecule has 0 saturated heterocycles. The van der Waals surface area contributed by atoms with Gasteiger partial charge in [-0.25, -0.2) is 9.67 Å². The van der Waals surface area contributed by atoms with Crippen LogP contribution >= 0.6 is 39.1 Å². The molecule has 0 radical (unpaired) electrons. The third-order valence-corrected chi connectivity index (χ3v) is 5.75. The summed E-state index contributed by atoms with van der Waals surface area (Å²) in [6.07, 6.45) is 2.99. The first-order valence-corrected chi connectivity index (χ1v) is 10.9. The van der Waals surface area contributed by atoms with Crippen molar-refractivity contribution in [2.75, 3.05) is 6.54 Å². The van der Waals surface area contributed by atoms with Crippen molar-refractivity contribution in [2.24, 2.45) is 0 Å². The summed E-state index contributed by atoms with van der Waals surface area (Å²) in [5.41, 5.74) is 1.60. The van der Waals surface area contributed by atoms with Crippen LogP contribution in [0.2, 0.25) is 10.0 Å². The van der Waals surface area contributed by atoms with E-state index in [9.17, 15) is 9.59 Å². The highest BCUT2D eigenvalue weighted by molar-refractivity contribution is 9.10. The van der Waals surface area contributed by atoms with E-state index in [1.54, 1.807) is 35.0 Å². The average molecular weight is 521 g/mol. The van der Waals surface area contributed by atoms with Gasteiger partial charge < -0.3 is 5.32 Å². The van der Waals surface area contributed by atoms with E-state index in [2.05, 4.69) is 31.3 Å². The molecule has 0 saturated carbocycles. The molecule has 0 atom stereocenters. The number of benzene rings is 2. The fourth-order valence-electron chi connectivity index (χ4n) is 3.10. The Morgan fingerprint density at radius 1 is 1.13 bits per heavy atom. The minimum Gasteiger partial charge on any atom is -0.350 e. The zero-order chi connectivity index (χ0) is 22.0. The van der Waals surface area contributed by atoms with Gasteiger partial charge in [0, 0.05) is 16.0 Å². The summed E-state index contributed by atoms with van der Waals surface area (Å²) in [6.45, 7) is 1.04. The number of nitrogens with one attached hydrogen (secondary N) is 1. The first-order chi connectivity index (χ1) is 14.9. The normalized spacial score (nSPS) is 11.1. The minimum atomic E-state index is -0.291. The van der Waals surface area contributed by atoms with E-state index in [4.69, 9.17) is 23.2 Å². The Labute approximate surface area is 195 Å². The van der Waals surface area contributed by atoms with Crippen molar-refractivity contribution in [3.8, 4) is 0 Å². The molecule has 0 bridgehead atoms. The number of hydrogen-bond donors (Lipinski definition) is 1. The van der Waals surface area contributed by atoms with Crippen molar-refractivity contribution in [1.82, 2.24) is 24.6 Å². The molecular weight excluding hydrogens is 505 g/mol. The predicted octanol–water partition coefficient (Wildman–Crippen LogP) is 4.14. The minimum absolute atomic E-state index is 0.184. The van der Waals surface area contributed by atoms with E-state index in [0.29, 0.717) is 46.3 Å². The molecule has 0 unspecified atom stereocenters.